The molecule has 1 aliphatic heterocycles. The Labute approximate surface area is 144 Å². The van der Waals surface area contributed by atoms with Crippen molar-refractivity contribution in [2.75, 3.05) is 19.7 Å². The molecule has 5 nitrogen and oxygen atoms in total. The Morgan fingerprint density at radius 2 is 2.21 bits per heavy atom. The van der Waals surface area contributed by atoms with Gasteiger partial charge in [-0.2, -0.15) is 0 Å². The topological polar surface area (TPSA) is 63.2 Å². The van der Waals surface area contributed by atoms with Gasteiger partial charge in [-0.15, -0.1) is 0 Å². The van der Waals surface area contributed by atoms with Gasteiger partial charge in [0.05, 0.1) is 6.20 Å². The van der Waals surface area contributed by atoms with Crippen LogP contribution in [-0.2, 0) is 4.79 Å². The van der Waals surface area contributed by atoms with Crippen molar-refractivity contribution in [1.29, 1.82) is 0 Å². The number of hydrogen-bond donors (Lipinski definition) is 2. The zero-order valence-electron chi connectivity index (χ0n) is 15.0. The molecule has 0 unspecified atom stereocenters. The number of carbonyl (C=O) groups excluding carboxylic acids is 1. The maximum atomic E-state index is 11.9. The number of hydrogen-bond acceptors (Lipinski definition) is 4. The van der Waals surface area contributed by atoms with E-state index in [1.54, 1.807) is 6.20 Å². The fraction of sp³-hybridized carbons (Fsp3) is 0.684. The Kier molecular flexibility index (Phi) is 5.09. The minimum Gasteiger partial charge on any atom is -0.490 e. The third-order valence-electron chi connectivity index (χ3n) is 4.94. The Balaban J connectivity index is 1.42. The van der Waals surface area contributed by atoms with Gasteiger partial charge in [0.2, 0.25) is 5.91 Å². The van der Waals surface area contributed by atoms with Crippen LogP contribution in [0.3, 0.4) is 0 Å². The lowest BCUT2D eigenvalue weighted by Gasteiger charge is -2.27. The van der Waals surface area contributed by atoms with Gasteiger partial charge in [-0.25, -0.2) is 0 Å². The molecule has 132 valence electrons. The van der Waals surface area contributed by atoms with Gasteiger partial charge >= 0.3 is 0 Å². The van der Waals surface area contributed by atoms with E-state index in [0.717, 1.165) is 31.9 Å². The summed E-state index contributed by atoms with van der Waals surface area (Å²) in [4.78, 5) is 16.2. The lowest BCUT2D eigenvalue weighted by atomic mass is 9.95. The molecular weight excluding hydrogens is 302 g/mol. The minimum atomic E-state index is -0.312. The highest BCUT2D eigenvalue weighted by molar-refractivity contribution is 5.81. The average molecular weight is 331 g/mol. The third-order valence-corrected chi connectivity index (χ3v) is 4.94. The number of ether oxygens (including phenoxy) is 1. The second-order valence-corrected chi connectivity index (χ2v) is 8.10. The van der Waals surface area contributed by atoms with Crippen LogP contribution in [0.5, 0.6) is 5.75 Å². The maximum absolute atomic E-state index is 11.9. The van der Waals surface area contributed by atoms with Crippen LogP contribution in [0.25, 0.3) is 0 Å². The van der Waals surface area contributed by atoms with Gasteiger partial charge < -0.3 is 15.4 Å². The molecule has 1 saturated carbocycles. The molecule has 2 fully saturated rings. The van der Waals surface area contributed by atoms with E-state index in [2.05, 4.69) is 21.7 Å². The Bertz CT molecular complexity index is 578. The van der Waals surface area contributed by atoms with Crippen LogP contribution >= 0.6 is 0 Å². The van der Waals surface area contributed by atoms with Crippen molar-refractivity contribution in [2.24, 2.45) is 11.3 Å². The molecule has 0 bridgehead atoms. The number of carbonyl (C=O) groups is 1. The van der Waals surface area contributed by atoms with Crippen molar-refractivity contribution in [3.63, 3.8) is 0 Å². The van der Waals surface area contributed by atoms with Gasteiger partial charge in [0, 0.05) is 24.2 Å². The zero-order chi connectivity index (χ0) is 17.2. The largest absolute Gasteiger partial charge is 0.490 e. The summed E-state index contributed by atoms with van der Waals surface area (Å²) in [5.74, 6) is 2.21. The number of rotatable bonds is 7. The van der Waals surface area contributed by atoms with Crippen molar-refractivity contribution < 1.29 is 9.53 Å². The Morgan fingerprint density at radius 1 is 1.42 bits per heavy atom. The highest BCUT2D eigenvalue weighted by Crippen LogP contribution is 2.49. The highest BCUT2D eigenvalue weighted by Gasteiger charge is 2.38. The molecule has 0 aromatic carbocycles. The van der Waals surface area contributed by atoms with Gasteiger partial charge in [0.15, 0.2) is 0 Å². The fourth-order valence-corrected chi connectivity index (χ4v) is 3.02. The highest BCUT2D eigenvalue weighted by atomic mass is 16.5. The molecular formula is C19H29N3O2. The maximum Gasteiger partial charge on any atom is 0.225 e. The summed E-state index contributed by atoms with van der Waals surface area (Å²) in [7, 11) is 0. The summed E-state index contributed by atoms with van der Waals surface area (Å²) >= 11 is 0. The number of nitrogens with zero attached hydrogens (tertiary/aromatic N) is 1. The summed E-state index contributed by atoms with van der Waals surface area (Å²) in [5.41, 5.74) is 0.953. The molecule has 1 saturated heterocycles. The van der Waals surface area contributed by atoms with Crippen LogP contribution in [0.4, 0.5) is 0 Å². The molecule has 2 aliphatic rings. The first-order valence-corrected chi connectivity index (χ1v) is 9.03. The van der Waals surface area contributed by atoms with Crippen molar-refractivity contribution in [3.05, 3.63) is 24.0 Å². The van der Waals surface area contributed by atoms with Crippen LogP contribution in [0, 0.1) is 11.3 Å². The smallest absolute Gasteiger partial charge is 0.225 e. The normalized spacial score (nSPS) is 25.7. The van der Waals surface area contributed by atoms with Gasteiger partial charge in [0.25, 0.3) is 0 Å². The first-order valence-electron chi connectivity index (χ1n) is 9.03. The molecule has 24 heavy (non-hydrogen) atoms. The first-order chi connectivity index (χ1) is 11.4. The van der Waals surface area contributed by atoms with Crippen molar-refractivity contribution in [1.82, 2.24) is 15.6 Å². The van der Waals surface area contributed by atoms with Gasteiger partial charge in [-0.3, -0.25) is 9.78 Å². The molecule has 1 amide bonds. The molecule has 1 aliphatic carbocycles. The average Bonchev–Trinajstić information content (AvgIpc) is 3.24. The van der Waals surface area contributed by atoms with Crippen molar-refractivity contribution in [2.45, 2.75) is 52.0 Å². The number of aromatic nitrogens is 1. The van der Waals surface area contributed by atoms with Crippen LogP contribution < -0.4 is 15.4 Å². The summed E-state index contributed by atoms with van der Waals surface area (Å²) in [6, 6.07) is 2.62. The molecule has 2 N–H and O–H groups in total. The Morgan fingerprint density at radius 3 is 2.88 bits per heavy atom. The summed E-state index contributed by atoms with van der Waals surface area (Å²) < 4.78 is 5.83. The number of nitrogens with one attached hydrogen (secondary N) is 2. The fourth-order valence-electron chi connectivity index (χ4n) is 3.02. The molecule has 1 aromatic heterocycles. The van der Waals surface area contributed by atoms with Crippen molar-refractivity contribution in [3.8, 4) is 5.75 Å². The predicted molar refractivity (Wildman–Crippen MR) is 94.1 cm³/mol. The van der Waals surface area contributed by atoms with E-state index in [0.29, 0.717) is 17.9 Å². The van der Waals surface area contributed by atoms with E-state index in [-0.39, 0.29) is 11.3 Å². The van der Waals surface area contributed by atoms with Crippen LogP contribution in [0.1, 0.15) is 51.5 Å². The monoisotopic (exact) mass is 331 g/mol. The summed E-state index contributed by atoms with van der Waals surface area (Å²) in [6.45, 7) is 8.41. The standard InChI is InChI=1S/C19H29N3O2/c1-19(2,3)18(23)22-6-4-13-9-17(13)14-8-16(11-20-10-14)24-12-15-5-7-21-15/h8,10-11,13,15,17,21H,4-7,9,12H2,1-3H3,(H,22,23)/t13-,15-,17-/m0/s1. The molecule has 3 atom stereocenters. The second-order valence-electron chi connectivity index (χ2n) is 8.10. The van der Waals surface area contributed by atoms with Crippen LogP contribution in [0.2, 0.25) is 0 Å². The van der Waals surface area contributed by atoms with Gasteiger partial charge in [0.1, 0.15) is 12.4 Å². The molecule has 1 aromatic rings. The zero-order valence-corrected chi connectivity index (χ0v) is 15.0. The lowest BCUT2D eigenvalue weighted by Crippen LogP contribution is -2.46. The van der Waals surface area contributed by atoms with E-state index in [4.69, 9.17) is 4.74 Å². The molecule has 5 heteroatoms. The van der Waals surface area contributed by atoms with E-state index >= 15 is 0 Å². The summed E-state index contributed by atoms with van der Waals surface area (Å²) in [6.07, 6.45) is 7.15. The third kappa shape index (κ3) is 4.47. The van der Waals surface area contributed by atoms with E-state index in [1.807, 2.05) is 27.0 Å². The lowest BCUT2D eigenvalue weighted by molar-refractivity contribution is -0.128. The SMILES string of the molecule is CC(C)(C)C(=O)NCC[C@H]1C[C@@H]1c1cncc(OC[C@@H]2CCN2)c1. The number of pyridine rings is 1. The molecule has 0 spiro atoms. The van der Waals surface area contributed by atoms with Crippen LogP contribution in [-0.4, -0.2) is 36.6 Å². The quantitative estimate of drug-likeness (QED) is 0.806. The van der Waals surface area contributed by atoms with Gasteiger partial charge in [-0.05, 0) is 49.3 Å². The predicted octanol–water partition coefficient (Wildman–Crippen LogP) is 2.48. The molecule has 3 rings (SSSR count). The van der Waals surface area contributed by atoms with Crippen LogP contribution in [0.15, 0.2) is 18.5 Å². The molecule has 2 heterocycles. The van der Waals surface area contributed by atoms with Gasteiger partial charge in [-0.1, -0.05) is 20.8 Å². The Hall–Kier alpha value is -1.62. The van der Waals surface area contributed by atoms with E-state index in [1.165, 1.54) is 18.4 Å². The second kappa shape index (κ2) is 7.09. The van der Waals surface area contributed by atoms with E-state index in [9.17, 15) is 4.79 Å². The minimum absolute atomic E-state index is 0.126. The first kappa shape index (κ1) is 17.2. The van der Waals surface area contributed by atoms with E-state index < -0.39 is 0 Å². The van der Waals surface area contributed by atoms with Crippen molar-refractivity contribution >= 4 is 5.91 Å². The summed E-state index contributed by atoms with van der Waals surface area (Å²) in [5, 5.41) is 6.37. The molecule has 0 radical (unpaired) electrons. The number of amides is 1.